The van der Waals surface area contributed by atoms with Gasteiger partial charge < -0.3 is 170 Å². The zero-order chi connectivity index (χ0) is 90.3. The van der Waals surface area contributed by atoms with Gasteiger partial charge in [0.05, 0.1) is 70.0 Å². The summed E-state index contributed by atoms with van der Waals surface area (Å²) in [5.74, 6) is -7.89. The van der Waals surface area contributed by atoms with Gasteiger partial charge in [0.2, 0.25) is 17.7 Å². The van der Waals surface area contributed by atoms with Crippen LogP contribution in [0.4, 0.5) is 0 Å². The summed E-state index contributed by atoms with van der Waals surface area (Å²) in [6, 6.07) is -4.98. The highest BCUT2D eigenvalue weighted by molar-refractivity contribution is 5.77. The molecule has 6 heterocycles. The summed E-state index contributed by atoms with van der Waals surface area (Å²) in [4.78, 5) is 53.8. The first-order chi connectivity index (χ1) is 59.0. The van der Waals surface area contributed by atoms with Crippen LogP contribution >= 0.6 is 0 Å². The molecule has 0 aromatic carbocycles. The lowest BCUT2D eigenvalue weighted by Gasteiger charge is -2.53. The maximum atomic E-state index is 14.0. The molecule has 6 fully saturated rings. The van der Waals surface area contributed by atoms with E-state index in [4.69, 9.17) is 56.8 Å². The Balaban J connectivity index is 1.22. The van der Waals surface area contributed by atoms with Crippen molar-refractivity contribution in [3.63, 3.8) is 0 Å². The van der Waals surface area contributed by atoms with Gasteiger partial charge >= 0.3 is 5.97 Å². The van der Waals surface area contributed by atoms with Crippen LogP contribution in [0, 0.1) is 0 Å². The average Bonchev–Trinajstić information content (AvgIpc) is 0.744. The number of carboxylic acids is 1. The lowest BCUT2D eigenvalue weighted by atomic mass is 9.88. The number of aliphatic hydroxyl groups is 18. The maximum absolute atomic E-state index is 14.0. The third-order valence-electron chi connectivity index (χ3n) is 24.2. The van der Waals surface area contributed by atoms with Crippen molar-refractivity contribution >= 4 is 23.7 Å². The van der Waals surface area contributed by atoms with E-state index in [1.165, 1.54) is 148 Å². The Hall–Kier alpha value is -3.58. The van der Waals surface area contributed by atoms with Crippen molar-refractivity contribution in [2.45, 2.75) is 461 Å². The van der Waals surface area contributed by atoms with Crippen LogP contribution in [-0.2, 0) is 76.0 Å². The van der Waals surface area contributed by atoms with Crippen LogP contribution in [0.5, 0.6) is 0 Å². The summed E-state index contributed by atoms with van der Waals surface area (Å²) in [6.45, 7) is 1.31. The molecule has 0 radical (unpaired) electrons. The molecule has 0 spiro atoms. The van der Waals surface area contributed by atoms with Crippen LogP contribution in [0.2, 0.25) is 0 Å². The summed E-state index contributed by atoms with van der Waals surface area (Å²) in [6.07, 6.45) is -19.2. The fourth-order valence-electron chi connectivity index (χ4n) is 16.8. The maximum Gasteiger partial charge on any atom is 0.364 e. The summed E-state index contributed by atoms with van der Waals surface area (Å²) >= 11 is 0. The highest BCUT2D eigenvalue weighted by atomic mass is 16.8. The van der Waals surface area contributed by atoms with Gasteiger partial charge in [-0.1, -0.05) is 219 Å². The van der Waals surface area contributed by atoms with Crippen molar-refractivity contribution in [3.8, 4) is 0 Å². The standard InChI is InChI=1S/C85H153N3O35/c1-6-8-10-12-14-16-18-20-21-22-23-24-25-26-27-29-31-33-35-37-39-41-60(99)88-52(53(96)40-38-36-34-32-30-28-19-17-15-13-11-9-7-2)48-112-80-71(108)69(106)73(58(46-92)116-80)118-82-72(109)77(123-85(84(110)111)42-54(97)61(86-50(4)94)76(122-85)64(101)55(98)43-89)74(59(47-93)117-82)119-79-62(87-51(5)95)75(66(103)57(45-91)114-79)120-83-78(68(105)65(102)56(44-90)115-83)121-81-70(107)67(104)63(100)49(3)113-81/h38,40,49,52-59,61-83,89-93,96-98,100-109H,6-37,39,41-48H2,1-5H3,(H,86,94)(H,87,95)(H,88,99)(H,110,111)/b40-38+/t49?,52-,53+,54?,55+,56?,57?,58?,59?,61+,62?,63+,64+,65-,66-,67?,68-,69+,70-,71?,72?,73+,74-,75+,76?,77+,78?,79-,80+,81+,82-,83-,85-/m0/s1. The third kappa shape index (κ3) is 33.6. The fraction of sp³-hybridized carbons (Fsp3) is 0.929. The topological polar surface area (TPSA) is 600 Å². The van der Waals surface area contributed by atoms with Gasteiger partial charge in [-0.2, -0.15) is 0 Å². The summed E-state index contributed by atoms with van der Waals surface area (Å²) in [7, 11) is 0. The molecule has 0 aromatic rings. The van der Waals surface area contributed by atoms with Crippen LogP contribution in [0.3, 0.4) is 0 Å². The Kier molecular flexibility index (Phi) is 50.6. The number of aliphatic carboxylic acids is 1. The summed E-state index contributed by atoms with van der Waals surface area (Å²) < 4.78 is 72.7. The molecule has 12 unspecified atom stereocenters. The van der Waals surface area contributed by atoms with E-state index in [2.05, 4.69) is 29.8 Å². The number of aliphatic hydroxyl groups excluding tert-OH is 18. The predicted octanol–water partition coefficient (Wildman–Crippen LogP) is 0.150. The summed E-state index contributed by atoms with van der Waals surface area (Å²) in [5.41, 5.74) is 0. The minimum Gasteiger partial charge on any atom is -0.477 e. The Morgan fingerprint density at radius 2 is 0.862 bits per heavy atom. The number of unbranched alkanes of at least 4 members (excludes halogenated alkanes) is 31. The van der Waals surface area contributed by atoms with Gasteiger partial charge in [-0.3, -0.25) is 14.4 Å². The second kappa shape index (κ2) is 57.6. The zero-order valence-electron chi connectivity index (χ0n) is 72.7. The van der Waals surface area contributed by atoms with Crippen molar-refractivity contribution in [2.75, 3.05) is 39.6 Å². The Morgan fingerprint density at radius 3 is 1.37 bits per heavy atom. The molecule has 6 saturated heterocycles. The van der Waals surface area contributed by atoms with Gasteiger partial charge in [0, 0.05) is 26.7 Å². The number of allylic oxidation sites excluding steroid dienone is 1. The van der Waals surface area contributed by atoms with Gasteiger partial charge in [0.25, 0.3) is 5.79 Å². The molecule has 0 bridgehead atoms. The van der Waals surface area contributed by atoms with E-state index < -0.39 is 272 Å². The number of rotatable bonds is 60. The van der Waals surface area contributed by atoms with Crippen LogP contribution < -0.4 is 16.0 Å². The predicted molar refractivity (Wildman–Crippen MR) is 437 cm³/mol. The number of carbonyl (C=O) groups excluding carboxylic acids is 3. The zero-order valence-corrected chi connectivity index (χ0v) is 72.7. The molecule has 0 saturated carbocycles. The summed E-state index contributed by atoms with van der Waals surface area (Å²) in [5, 5.41) is 222. The monoisotopic (exact) mass is 1780 g/mol. The van der Waals surface area contributed by atoms with Gasteiger partial charge in [-0.05, 0) is 26.2 Å². The SMILES string of the molecule is CCCCCCCCCCCCC/C=C/[C@@H](O)[C@H](CO[C@@H]1OC(CO)[C@@H](O[C@@H]2OC(CO)[C@H](O[C@@H]3OC(CO)[C@H](O)[C@H](O[C@@H]4OC(CO)[C@H](O)[C@H](O)C4O[C@H]4OC(C)[C@@H](O)C(O)[C@@H]4O)C3NC(C)=O)[C@H](O[C@]3(C(=O)O)CC(O)[C@@H](NC(C)=O)C([C@H](O)[C@H](O)CO)O3)C2O)[C@H](O)C1O)NC(=O)CCCCCCCCCCCCCCCCCCCCCCC. The molecule has 3 amide bonds. The normalized spacial score (nSPS) is 35.4. The first-order valence-electron chi connectivity index (χ1n) is 45.5. The molecule has 38 heteroatoms. The molecule has 0 aromatic heterocycles. The number of hydrogen-bond acceptors (Lipinski definition) is 34. The number of hydrogen-bond donors (Lipinski definition) is 22. The minimum atomic E-state index is -3.44. The molecule has 718 valence electrons. The molecule has 0 aliphatic carbocycles. The van der Waals surface area contributed by atoms with Crippen LogP contribution in [0.15, 0.2) is 12.2 Å². The molecule has 6 aliphatic heterocycles. The molecule has 6 rings (SSSR count). The lowest BCUT2D eigenvalue weighted by molar-refractivity contribution is -0.405. The van der Waals surface area contributed by atoms with Gasteiger partial charge in [0.1, 0.15) is 134 Å². The molecule has 33 atom stereocenters. The van der Waals surface area contributed by atoms with E-state index in [9.17, 15) is 116 Å². The third-order valence-corrected chi connectivity index (χ3v) is 24.2. The molecule has 123 heavy (non-hydrogen) atoms. The van der Waals surface area contributed by atoms with Crippen LogP contribution in [0.25, 0.3) is 0 Å². The Bertz CT molecular complexity index is 2930. The highest BCUT2D eigenvalue weighted by Crippen LogP contribution is 2.42. The lowest BCUT2D eigenvalue weighted by Crippen LogP contribution is -2.72. The minimum absolute atomic E-state index is 0.119. The largest absolute Gasteiger partial charge is 0.477 e. The second-order valence-electron chi connectivity index (χ2n) is 34.2. The molecule has 38 nitrogen and oxygen atoms in total. The van der Waals surface area contributed by atoms with Gasteiger partial charge in [-0.15, -0.1) is 0 Å². The highest BCUT2D eigenvalue weighted by Gasteiger charge is 2.63. The van der Waals surface area contributed by atoms with E-state index in [1.807, 2.05) is 6.08 Å². The second-order valence-corrected chi connectivity index (χ2v) is 34.2. The first-order valence-corrected chi connectivity index (χ1v) is 45.5. The number of amides is 3. The van der Waals surface area contributed by atoms with Crippen LogP contribution in [0.1, 0.15) is 259 Å². The van der Waals surface area contributed by atoms with E-state index in [0.717, 1.165) is 78.1 Å². The average molecular weight is 1780 g/mol. The van der Waals surface area contributed by atoms with Crippen molar-refractivity contribution in [1.82, 2.24) is 16.0 Å². The van der Waals surface area contributed by atoms with E-state index in [0.29, 0.717) is 12.8 Å². The van der Waals surface area contributed by atoms with E-state index >= 15 is 0 Å². The van der Waals surface area contributed by atoms with Crippen LogP contribution in [-0.4, -0.2) is 362 Å². The Labute approximate surface area is 722 Å². The molecule has 22 N–H and O–H groups in total. The number of carbonyl (C=O) groups is 4. The first kappa shape index (κ1) is 108. The number of nitrogens with one attached hydrogen (secondary N) is 3. The molecule has 6 aliphatic rings. The molecular weight excluding hydrogens is 1620 g/mol. The van der Waals surface area contributed by atoms with E-state index in [-0.39, 0.29) is 6.42 Å². The quantitative estimate of drug-likeness (QED) is 0.0285. The smallest absolute Gasteiger partial charge is 0.364 e. The van der Waals surface area contributed by atoms with Crippen molar-refractivity contribution in [1.29, 1.82) is 0 Å². The van der Waals surface area contributed by atoms with E-state index in [1.54, 1.807) is 0 Å². The van der Waals surface area contributed by atoms with Crippen molar-refractivity contribution < 1.29 is 173 Å². The van der Waals surface area contributed by atoms with Crippen molar-refractivity contribution in [2.24, 2.45) is 0 Å². The van der Waals surface area contributed by atoms with Crippen molar-refractivity contribution in [3.05, 3.63) is 12.2 Å². The number of ether oxygens (including phenoxy) is 12. The van der Waals surface area contributed by atoms with Gasteiger partial charge in [0.15, 0.2) is 31.5 Å². The molecular formula is C85H153N3O35. The fourth-order valence-corrected chi connectivity index (χ4v) is 16.8. The Morgan fingerprint density at radius 1 is 0.439 bits per heavy atom. The van der Waals surface area contributed by atoms with Gasteiger partial charge in [-0.25, -0.2) is 4.79 Å². The number of carboxylic acid groups (broad SMARTS) is 1.